The summed E-state index contributed by atoms with van der Waals surface area (Å²) in [7, 11) is 0. The normalized spacial score (nSPS) is 12.8. The van der Waals surface area contributed by atoms with Crippen molar-refractivity contribution in [3.63, 3.8) is 0 Å². The van der Waals surface area contributed by atoms with Crippen molar-refractivity contribution in [2.75, 3.05) is 13.2 Å². The zero-order chi connectivity index (χ0) is 51.4. The predicted molar refractivity (Wildman–Crippen MR) is 310 cm³/mol. The van der Waals surface area contributed by atoms with Crippen LogP contribution < -0.4 is 5.32 Å². The number of aliphatic hydroxyl groups is 2. The van der Waals surface area contributed by atoms with E-state index < -0.39 is 12.1 Å². The molecule has 0 rings (SSSR count). The van der Waals surface area contributed by atoms with E-state index >= 15 is 0 Å². The molecule has 2 unspecified atom stereocenters. The summed E-state index contributed by atoms with van der Waals surface area (Å²) in [6.45, 7) is 4.86. The molecule has 6 nitrogen and oxygen atoms in total. The SMILES string of the molecule is CCCCC/C=C\C/C=C\CCCCCCCC(=O)OCCCCCCCCCCCCCCCCCCCCCCCCCCCCCCCCC(=O)NC(CO)C(O)/C=C/CCCCCCCCC. The van der Waals surface area contributed by atoms with Crippen LogP contribution in [-0.2, 0) is 14.3 Å². The summed E-state index contributed by atoms with van der Waals surface area (Å²) in [4.78, 5) is 24.4. The van der Waals surface area contributed by atoms with E-state index in [9.17, 15) is 19.8 Å². The monoisotopic (exact) mass is 998 g/mol. The van der Waals surface area contributed by atoms with Crippen LogP contribution in [-0.4, -0.2) is 47.4 Å². The van der Waals surface area contributed by atoms with E-state index in [4.69, 9.17) is 4.74 Å². The van der Waals surface area contributed by atoms with Gasteiger partial charge in [-0.1, -0.05) is 301 Å². The average Bonchev–Trinajstić information content (AvgIpc) is 3.37. The van der Waals surface area contributed by atoms with Gasteiger partial charge in [0.2, 0.25) is 5.91 Å². The molecule has 0 heterocycles. The zero-order valence-corrected chi connectivity index (χ0v) is 47.7. The fraction of sp³-hybridized carbons (Fsp3) is 0.877. The molecule has 0 aromatic rings. The molecule has 0 aliphatic carbocycles. The van der Waals surface area contributed by atoms with Crippen molar-refractivity contribution in [1.82, 2.24) is 5.32 Å². The molecule has 0 saturated carbocycles. The molecule has 6 heteroatoms. The highest BCUT2D eigenvalue weighted by atomic mass is 16.5. The lowest BCUT2D eigenvalue weighted by molar-refractivity contribution is -0.143. The molecule has 3 N–H and O–H groups in total. The van der Waals surface area contributed by atoms with Crippen molar-refractivity contribution in [2.24, 2.45) is 0 Å². The third-order valence-corrected chi connectivity index (χ3v) is 14.7. The average molecular weight is 999 g/mol. The van der Waals surface area contributed by atoms with Gasteiger partial charge >= 0.3 is 5.97 Å². The Labute approximate surface area is 443 Å². The van der Waals surface area contributed by atoms with Crippen LogP contribution in [0.5, 0.6) is 0 Å². The van der Waals surface area contributed by atoms with Gasteiger partial charge in [-0.05, 0) is 64.2 Å². The van der Waals surface area contributed by atoms with Gasteiger partial charge in [-0.2, -0.15) is 0 Å². The number of carbonyl (C=O) groups is 2. The molecule has 0 aliphatic heterocycles. The second-order valence-electron chi connectivity index (χ2n) is 21.7. The largest absolute Gasteiger partial charge is 0.466 e. The van der Waals surface area contributed by atoms with Crippen LogP contribution in [0.1, 0.15) is 341 Å². The minimum Gasteiger partial charge on any atom is -0.466 e. The van der Waals surface area contributed by atoms with Crippen LogP contribution in [0, 0.1) is 0 Å². The summed E-state index contributed by atoms with van der Waals surface area (Å²) in [5.74, 6) is -0.0606. The van der Waals surface area contributed by atoms with Crippen LogP contribution in [0.25, 0.3) is 0 Å². The molecule has 2 atom stereocenters. The molecule has 0 bridgehead atoms. The lowest BCUT2D eigenvalue weighted by Crippen LogP contribution is -2.45. The van der Waals surface area contributed by atoms with E-state index in [2.05, 4.69) is 43.5 Å². The first-order chi connectivity index (χ1) is 35.0. The van der Waals surface area contributed by atoms with Crippen LogP contribution in [0.15, 0.2) is 36.5 Å². The van der Waals surface area contributed by atoms with E-state index in [1.165, 1.54) is 263 Å². The molecular weight excluding hydrogens is 875 g/mol. The summed E-state index contributed by atoms with van der Waals surface area (Å²) in [5.41, 5.74) is 0. The number of hydrogen-bond donors (Lipinski definition) is 3. The van der Waals surface area contributed by atoms with Crippen molar-refractivity contribution in [1.29, 1.82) is 0 Å². The molecule has 71 heavy (non-hydrogen) atoms. The third kappa shape index (κ3) is 57.2. The molecule has 0 fully saturated rings. The van der Waals surface area contributed by atoms with Crippen molar-refractivity contribution >= 4 is 11.9 Å². The quantitative estimate of drug-likeness (QED) is 0.0321. The lowest BCUT2D eigenvalue weighted by Gasteiger charge is -2.20. The Hall–Kier alpha value is -1.92. The molecule has 1 amide bonds. The van der Waals surface area contributed by atoms with Crippen LogP contribution in [0.2, 0.25) is 0 Å². The van der Waals surface area contributed by atoms with E-state index in [-0.39, 0.29) is 18.5 Å². The number of ether oxygens (including phenoxy) is 1. The minimum absolute atomic E-state index is 0.00557. The number of carbonyl (C=O) groups excluding carboxylic acids is 2. The number of esters is 1. The Balaban J connectivity index is 3.31. The molecule has 0 aliphatic rings. The first-order valence-electron chi connectivity index (χ1n) is 31.8. The van der Waals surface area contributed by atoms with Gasteiger partial charge in [0.1, 0.15) is 0 Å². The van der Waals surface area contributed by atoms with Gasteiger partial charge in [-0.15, -0.1) is 0 Å². The third-order valence-electron chi connectivity index (χ3n) is 14.7. The summed E-state index contributed by atoms with van der Waals surface area (Å²) >= 11 is 0. The van der Waals surface area contributed by atoms with E-state index in [1.807, 2.05) is 6.08 Å². The van der Waals surface area contributed by atoms with Gasteiger partial charge < -0.3 is 20.3 Å². The molecule has 418 valence electrons. The van der Waals surface area contributed by atoms with Gasteiger partial charge in [-0.25, -0.2) is 0 Å². The van der Waals surface area contributed by atoms with Crippen molar-refractivity contribution in [3.8, 4) is 0 Å². The topological polar surface area (TPSA) is 95.9 Å². The number of amides is 1. The maximum Gasteiger partial charge on any atom is 0.305 e. The number of hydrogen-bond acceptors (Lipinski definition) is 5. The molecule has 0 aromatic carbocycles. The number of nitrogens with one attached hydrogen (secondary N) is 1. The minimum atomic E-state index is -0.839. The van der Waals surface area contributed by atoms with E-state index in [0.717, 1.165) is 51.4 Å². The second kappa shape index (κ2) is 60.6. The van der Waals surface area contributed by atoms with Crippen LogP contribution >= 0.6 is 0 Å². The van der Waals surface area contributed by atoms with Gasteiger partial charge in [0.25, 0.3) is 0 Å². The van der Waals surface area contributed by atoms with Crippen LogP contribution in [0.3, 0.4) is 0 Å². The van der Waals surface area contributed by atoms with Crippen molar-refractivity contribution < 1.29 is 24.5 Å². The standard InChI is InChI=1S/C65H123NO5/c1-3-5-7-9-11-13-14-15-32-36-39-43-47-51-55-59-65(70)71-60-56-52-48-44-40-37-34-31-29-27-25-23-21-19-17-16-18-20-22-24-26-28-30-33-35-38-42-46-50-54-58-64(69)66-62(61-67)63(68)57-53-49-45-41-12-10-8-6-4-2/h11,13,15,32,53,57,62-63,67-68H,3-10,12,14,16-31,33-52,54-56,58-61H2,1-2H3,(H,66,69)/b13-11-,32-15-,57-53+. The number of allylic oxidation sites excluding steroid dienone is 5. The van der Waals surface area contributed by atoms with Gasteiger partial charge in [0.05, 0.1) is 25.4 Å². The molecule has 0 aromatic heterocycles. The van der Waals surface area contributed by atoms with Crippen molar-refractivity contribution in [3.05, 3.63) is 36.5 Å². The smallest absolute Gasteiger partial charge is 0.305 e. The zero-order valence-electron chi connectivity index (χ0n) is 47.7. The van der Waals surface area contributed by atoms with Gasteiger partial charge in [0, 0.05) is 12.8 Å². The highest BCUT2D eigenvalue weighted by Crippen LogP contribution is 2.18. The fourth-order valence-electron chi connectivity index (χ4n) is 9.78. The predicted octanol–water partition coefficient (Wildman–Crippen LogP) is 20.0. The first kappa shape index (κ1) is 69.1. The summed E-state index contributed by atoms with van der Waals surface area (Å²) in [6.07, 6.45) is 76.4. The second-order valence-corrected chi connectivity index (χ2v) is 21.7. The maximum absolute atomic E-state index is 12.4. The fourth-order valence-corrected chi connectivity index (χ4v) is 9.78. The van der Waals surface area contributed by atoms with Gasteiger partial charge in [-0.3, -0.25) is 9.59 Å². The van der Waals surface area contributed by atoms with Crippen LogP contribution in [0.4, 0.5) is 0 Å². The molecule has 0 radical (unpaired) electrons. The molecule has 0 saturated heterocycles. The lowest BCUT2D eigenvalue weighted by atomic mass is 10.0. The summed E-state index contributed by atoms with van der Waals surface area (Å²) in [5, 5.41) is 23.0. The summed E-state index contributed by atoms with van der Waals surface area (Å²) < 4.78 is 5.48. The number of rotatable bonds is 59. The number of aliphatic hydroxyl groups excluding tert-OH is 2. The Kier molecular flexibility index (Phi) is 59.0. The van der Waals surface area contributed by atoms with Crippen molar-refractivity contribution in [2.45, 2.75) is 353 Å². The highest BCUT2D eigenvalue weighted by molar-refractivity contribution is 5.76. The maximum atomic E-state index is 12.4. The Bertz CT molecular complexity index is 1150. The molecule has 0 spiro atoms. The number of unbranched alkanes of at least 4 members (excludes halogenated alkanes) is 44. The van der Waals surface area contributed by atoms with E-state index in [1.54, 1.807) is 6.08 Å². The van der Waals surface area contributed by atoms with Gasteiger partial charge in [0.15, 0.2) is 0 Å². The first-order valence-corrected chi connectivity index (χ1v) is 31.8. The summed E-state index contributed by atoms with van der Waals surface area (Å²) in [6, 6.07) is -0.622. The highest BCUT2D eigenvalue weighted by Gasteiger charge is 2.18. The Morgan fingerprint density at radius 3 is 1.10 bits per heavy atom. The Morgan fingerprint density at radius 2 is 0.704 bits per heavy atom. The Morgan fingerprint density at radius 1 is 0.394 bits per heavy atom. The molecular formula is C65H123NO5. The van der Waals surface area contributed by atoms with E-state index in [0.29, 0.717) is 19.4 Å².